The van der Waals surface area contributed by atoms with E-state index in [0.717, 1.165) is 12.2 Å². The molecule has 0 N–H and O–H groups in total. The van der Waals surface area contributed by atoms with Crippen LogP contribution in [0, 0.1) is 41.4 Å². The highest BCUT2D eigenvalue weighted by Gasteiger charge is 2.92. The molecule has 6 rings (SSSR count). The van der Waals surface area contributed by atoms with Gasteiger partial charge in [-0.25, -0.2) is 0 Å². The summed E-state index contributed by atoms with van der Waals surface area (Å²) < 4.78 is 6.20. The van der Waals surface area contributed by atoms with Gasteiger partial charge in [-0.05, 0) is 36.3 Å². The van der Waals surface area contributed by atoms with E-state index in [1.165, 1.54) is 0 Å². The number of ketones is 2. The fourth-order valence-corrected chi connectivity index (χ4v) is 6.69. The topological polar surface area (TPSA) is 43.4 Å². The number of ether oxygens (including phenoxy) is 1. The average molecular weight is 266 g/mol. The SMILES string of the molecule is O=C1C2C3CC4C2C(=O)C2(Oc5ccccc5)C1C3C42. The van der Waals surface area contributed by atoms with Gasteiger partial charge >= 0.3 is 0 Å². The second kappa shape index (κ2) is 2.72. The average Bonchev–Trinajstić information content (AvgIpc) is 2.99. The first-order valence-electron chi connectivity index (χ1n) is 7.57. The van der Waals surface area contributed by atoms with Gasteiger partial charge in [0.25, 0.3) is 0 Å². The van der Waals surface area contributed by atoms with Crippen LogP contribution in [0.5, 0.6) is 5.75 Å². The third kappa shape index (κ3) is 0.717. The van der Waals surface area contributed by atoms with Gasteiger partial charge in [0, 0.05) is 17.8 Å². The third-order valence-corrected chi connectivity index (χ3v) is 6.92. The summed E-state index contributed by atoms with van der Waals surface area (Å²) in [4.78, 5) is 25.5. The van der Waals surface area contributed by atoms with Gasteiger partial charge in [-0.15, -0.1) is 0 Å². The van der Waals surface area contributed by atoms with Gasteiger partial charge in [0.15, 0.2) is 11.4 Å². The summed E-state index contributed by atoms with van der Waals surface area (Å²) in [7, 11) is 0. The molecule has 5 saturated carbocycles. The van der Waals surface area contributed by atoms with E-state index >= 15 is 0 Å². The van der Waals surface area contributed by atoms with Crippen molar-refractivity contribution in [2.75, 3.05) is 0 Å². The summed E-state index contributed by atoms with van der Waals surface area (Å²) in [6.45, 7) is 0. The summed E-state index contributed by atoms with van der Waals surface area (Å²) in [5.41, 5.74) is -0.778. The lowest BCUT2D eigenvalue weighted by Crippen LogP contribution is -2.68. The summed E-state index contributed by atoms with van der Waals surface area (Å²) in [5.74, 6) is 3.00. The Bertz CT molecular complexity index is 679. The van der Waals surface area contributed by atoms with Crippen molar-refractivity contribution in [3.8, 4) is 5.75 Å². The number of Topliss-reactive ketones (excluding diaryl/α,β-unsaturated/α-hetero) is 2. The molecule has 0 heterocycles. The van der Waals surface area contributed by atoms with E-state index in [1.807, 2.05) is 30.3 Å². The number of para-hydroxylation sites is 1. The van der Waals surface area contributed by atoms with Crippen molar-refractivity contribution < 1.29 is 14.3 Å². The number of fused-ring (bicyclic) bond motifs is 2. The molecule has 0 radical (unpaired) electrons. The number of hydrogen-bond donors (Lipinski definition) is 0. The Morgan fingerprint density at radius 3 is 2.65 bits per heavy atom. The van der Waals surface area contributed by atoms with Crippen LogP contribution in [0.4, 0.5) is 0 Å². The van der Waals surface area contributed by atoms with Crippen molar-refractivity contribution in [1.82, 2.24) is 0 Å². The lowest BCUT2D eigenvalue weighted by atomic mass is 9.55. The van der Waals surface area contributed by atoms with Crippen LogP contribution < -0.4 is 4.74 Å². The Balaban J connectivity index is 1.53. The van der Waals surface area contributed by atoms with Crippen molar-refractivity contribution in [3.05, 3.63) is 30.3 Å². The smallest absolute Gasteiger partial charge is 0.181 e. The Morgan fingerprint density at radius 2 is 1.85 bits per heavy atom. The van der Waals surface area contributed by atoms with Gasteiger partial charge < -0.3 is 4.74 Å². The molecule has 0 saturated heterocycles. The highest BCUT2D eigenvalue weighted by molar-refractivity contribution is 6.11. The normalized spacial score (nSPS) is 55.7. The van der Waals surface area contributed by atoms with Gasteiger partial charge in [-0.3, -0.25) is 9.59 Å². The van der Waals surface area contributed by atoms with Crippen LogP contribution in [0.15, 0.2) is 30.3 Å². The minimum Gasteiger partial charge on any atom is -0.478 e. The van der Waals surface area contributed by atoms with Crippen LogP contribution in [0.25, 0.3) is 0 Å². The quantitative estimate of drug-likeness (QED) is 0.818. The zero-order chi connectivity index (χ0) is 13.2. The maximum Gasteiger partial charge on any atom is 0.181 e. The van der Waals surface area contributed by atoms with Gasteiger partial charge in [0.1, 0.15) is 11.5 Å². The van der Waals surface area contributed by atoms with E-state index in [4.69, 9.17) is 4.74 Å². The predicted octanol–water partition coefficient (Wildman–Crippen LogP) is 1.71. The highest BCUT2D eigenvalue weighted by atomic mass is 16.5. The van der Waals surface area contributed by atoms with Gasteiger partial charge in [-0.2, -0.15) is 0 Å². The van der Waals surface area contributed by atoms with E-state index < -0.39 is 5.60 Å². The van der Waals surface area contributed by atoms with Crippen LogP contribution in [0.1, 0.15) is 6.42 Å². The first kappa shape index (κ1) is 10.1. The molecule has 1 aromatic rings. The molecular weight excluding hydrogens is 252 g/mol. The van der Waals surface area contributed by atoms with Crippen LogP contribution in [-0.4, -0.2) is 17.2 Å². The first-order valence-corrected chi connectivity index (χ1v) is 7.57. The summed E-state index contributed by atoms with van der Waals surface area (Å²) >= 11 is 0. The number of hydrogen-bond acceptors (Lipinski definition) is 3. The standard InChI is InChI=1S/C17H14O3/c18-15-10-8-6-9-11(10)16(19)17(13(9)12(8)14(15)17)20-7-4-2-1-3-5-7/h1-5,8-14H,6H2. The molecule has 0 aromatic heterocycles. The van der Waals surface area contributed by atoms with Crippen molar-refractivity contribution in [2.45, 2.75) is 12.0 Å². The van der Waals surface area contributed by atoms with E-state index in [-0.39, 0.29) is 23.5 Å². The molecule has 20 heavy (non-hydrogen) atoms. The van der Waals surface area contributed by atoms with Crippen molar-refractivity contribution >= 4 is 11.6 Å². The molecule has 3 heteroatoms. The van der Waals surface area contributed by atoms with E-state index in [0.29, 0.717) is 29.5 Å². The molecule has 8 unspecified atom stereocenters. The fourth-order valence-electron chi connectivity index (χ4n) is 6.69. The molecule has 100 valence electrons. The second-order valence-corrected chi connectivity index (χ2v) is 7.17. The molecule has 3 nitrogen and oxygen atoms in total. The summed E-state index contributed by atoms with van der Waals surface area (Å²) in [6, 6.07) is 9.55. The molecule has 5 aliphatic carbocycles. The van der Waals surface area contributed by atoms with Crippen LogP contribution in [-0.2, 0) is 9.59 Å². The number of benzene rings is 1. The predicted molar refractivity (Wildman–Crippen MR) is 68.9 cm³/mol. The number of carbonyl (C=O) groups excluding carboxylic acids is 2. The summed E-state index contributed by atoms with van der Waals surface area (Å²) in [5, 5.41) is 0. The van der Waals surface area contributed by atoms with E-state index in [9.17, 15) is 9.59 Å². The van der Waals surface area contributed by atoms with Gasteiger partial charge in [0.2, 0.25) is 0 Å². The lowest BCUT2D eigenvalue weighted by Gasteiger charge is -2.52. The summed E-state index contributed by atoms with van der Waals surface area (Å²) in [6.07, 6.45) is 1.10. The largest absolute Gasteiger partial charge is 0.478 e. The number of rotatable bonds is 2. The zero-order valence-corrected chi connectivity index (χ0v) is 10.9. The van der Waals surface area contributed by atoms with Crippen molar-refractivity contribution in [3.63, 3.8) is 0 Å². The maximum absolute atomic E-state index is 12.9. The zero-order valence-electron chi connectivity index (χ0n) is 10.9. The molecule has 5 aliphatic rings. The third-order valence-electron chi connectivity index (χ3n) is 6.92. The Kier molecular flexibility index (Phi) is 1.38. The minimum atomic E-state index is -0.778. The van der Waals surface area contributed by atoms with Gasteiger partial charge in [0.05, 0.1) is 5.92 Å². The van der Waals surface area contributed by atoms with E-state index in [2.05, 4.69) is 0 Å². The van der Waals surface area contributed by atoms with Crippen LogP contribution in [0.2, 0.25) is 0 Å². The van der Waals surface area contributed by atoms with E-state index in [1.54, 1.807) is 0 Å². The maximum atomic E-state index is 12.9. The molecule has 8 atom stereocenters. The minimum absolute atomic E-state index is 0.00351. The monoisotopic (exact) mass is 266 g/mol. The molecule has 2 bridgehead atoms. The number of carbonyl (C=O) groups is 2. The second-order valence-electron chi connectivity index (χ2n) is 7.17. The van der Waals surface area contributed by atoms with Crippen LogP contribution >= 0.6 is 0 Å². The molecule has 5 fully saturated rings. The fraction of sp³-hybridized carbons (Fsp3) is 0.529. The Labute approximate surface area is 116 Å². The lowest BCUT2D eigenvalue weighted by molar-refractivity contribution is -0.177. The van der Waals surface area contributed by atoms with Crippen LogP contribution in [0.3, 0.4) is 0 Å². The Hall–Kier alpha value is -1.64. The van der Waals surface area contributed by atoms with Crippen molar-refractivity contribution in [2.24, 2.45) is 41.4 Å². The highest BCUT2D eigenvalue weighted by Crippen LogP contribution is 2.82. The molecular formula is C17H14O3. The van der Waals surface area contributed by atoms with Crippen molar-refractivity contribution in [1.29, 1.82) is 0 Å². The Morgan fingerprint density at radius 1 is 1.05 bits per heavy atom. The first-order chi connectivity index (χ1) is 9.75. The molecule has 0 spiro atoms. The van der Waals surface area contributed by atoms with Gasteiger partial charge in [-0.1, -0.05) is 18.2 Å². The molecule has 1 aromatic carbocycles. The molecule has 0 amide bonds. The molecule has 0 aliphatic heterocycles.